The van der Waals surface area contributed by atoms with Crippen LogP contribution in [-0.4, -0.2) is 31.7 Å². The van der Waals surface area contributed by atoms with E-state index in [2.05, 4.69) is 5.32 Å². The van der Waals surface area contributed by atoms with Crippen LogP contribution in [0, 0.1) is 5.92 Å². The zero-order valence-corrected chi connectivity index (χ0v) is 19.2. The van der Waals surface area contributed by atoms with Gasteiger partial charge in [0, 0.05) is 24.7 Å². The summed E-state index contributed by atoms with van der Waals surface area (Å²) >= 11 is 5.59. The molecule has 1 amide bonds. The van der Waals surface area contributed by atoms with Crippen LogP contribution in [-0.2, 0) is 21.0 Å². The standard InChI is InChI=1S/C22H24ClF3N2O3S/c1-14(2)17-5-3-4-6-20(17)27-21(29)15-9-11-28(12-10-15)32(30,31)16-7-8-19(23)18(13-16)22(24,25)26/h3-8,13-15H,9-12H2,1-2H3,(H,27,29). The first-order chi connectivity index (χ1) is 14.9. The highest BCUT2D eigenvalue weighted by Crippen LogP contribution is 2.37. The fraction of sp³-hybridized carbons (Fsp3) is 0.409. The van der Waals surface area contributed by atoms with Crippen molar-refractivity contribution in [2.75, 3.05) is 18.4 Å². The molecule has 0 saturated carbocycles. The molecule has 32 heavy (non-hydrogen) atoms. The van der Waals surface area contributed by atoms with Gasteiger partial charge in [-0.1, -0.05) is 43.6 Å². The molecule has 0 aromatic heterocycles. The minimum atomic E-state index is -4.76. The Morgan fingerprint density at radius 2 is 1.75 bits per heavy atom. The Kier molecular flexibility index (Phi) is 7.21. The Balaban J connectivity index is 1.70. The summed E-state index contributed by atoms with van der Waals surface area (Å²) in [5.74, 6) is -0.363. The molecule has 0 atom stereocenters. The van der Waals surface area contributed by atoms with Crippen molar-refractivity contribution in [3.8, 4) is 0 Å². The number of piperidine rings is 1. The van der Waals surface area contributed by atoms with Gasteiger partial charge in [-0.2, -0.15) is 17.5 Å². The number of carbonyl (C=O) groups excluding carboxylic acids is 1. The molecule has 1 aliphatic heterocycles. The van der Waals surface area contributed by atoms with Gasteiger partial charge in [0.05, 0.1) is 15.5 Å². The Labute approximate surface area is 190 Å². The molecule has 5 nitrogen and oxygen atoms in total. The number of para-hydroxylation sites is 1. The van der Waals surface area contributed by atoms with E-state index in [-0.39, 0.29) is 37.8 Å². The zero-order chi connectivity index (χ0) is 23.7. The van der Waals surface area contributed by atoms with E-state index in [0.29, 0.717) is 6.07 Å². The predicted molar refractivity (Wildman–Crippen MR) is 117 cm³/mol. The lowest BCUT2D eigenvalue weighted by molar-refractivity contribution is -0.137. The van der Waals surface area contributed by atoms with Gasteiger partial charge in [0.2, 0.25) is 15.9 Å². The summed E-state index contributed by atoms with van der Waals surface area (Å²) in [7, 11) is -4.14. The number of rotatable bonds is 5. The van der Waals surface area contributed by atoms with Crippen molar-refractivity contribution in [2.24, 2.45) is 5.92 Å². The smallest absolute Gasteiger partial charge is 0.326 e. The molecule has 2 aromatic carbocycles. The van der Waals surface area contributed by atoms with Crippen LogP contribution >= 0.6 is 11.6 Å². The molecule has 0 bridgehead atoms. The lowest BCUT2D eigenvalue weighted by Crippen LogP contribution is -2.41. The molecule has 1 saturated heterocycles. The van der Waals surface area contributed by atoms with E-state index in [4.69, 9.17) is 11.6 Å². The van der Waals surface area contributed by atoms with E-state index in [0.717, 1.165) is 27.7 Å². The Bertz CT molecular complexity index is 1100. The van der Waals surface area contributed by atoms with Gasteiger partial charge in [0.25, 0.3) is 0 Å². The SMILES string of the molecule is CC(C)c1ccccc1NC(=O)C1CCN(S(=O)(=O)c2ccc(Cl)c(C(F)(F)F)c2)CC1. The minimum absolute atomic E-state index is 0.0379. The number of amides is 1. The van der Waals surface area contributed by atoms with Crippen LogP contribution in [0.1, 0.15) is 43.7 Å². The topological polar surface area (TPSA) is 66.5 Å². The van der Waals surface area contributed by atoms with Crippen LogP contribution in [0.4, 0.5) is 18.9 Å². The van der Waals surface area contributed by atoms with Crippen molar-refractivity contribution in [3.63, 3.8) is 0 Å². The summed E-state index contributed by atoms with van der Waals surface area (Å²) in [5.41, 5.74) is 0.533. The van der Waals surface area contributed by atoms with Crippen molar-refractivity contribution in [3.05, 3.63) is 58.6 Å². The maximum absolute atomic E-state index is 13.1. The fourth-order valence-corrected chi connectivity index (χ4v) is 5.46. The summed E-state index contributed by atoms with van der Waals surface area (Å²) in [6.07, 6.45) is -4.22. The second-order valence-corrected chi connectivity index (χ2v) is 10.4. The average molecular weight is 489 g/mol. The lowest BCUT2D eigenvalue weighted by Gasteiger charge is -2.31. The van der Waals surface area contributed by atoms with Crippen molar-refractivity contribution in [1.82, 2.24) is 4.31 Å². The maximum Gasteiger partial charge on any atom is 0.417 e. The van der Waals surface area contributed by atoms with Gasteiger partial charge in [-0.3, -0.25) is 4.79 Å². The Morgan fingerprint density at radius 3 is 2.34 bits per heavy atom. The van der Waals surface area contributed by atoms with Crippen molar-refractivity contribution in [2.45, 2.75) is 43.7 Å². The van der Waals surface area contributed by atoms with E-state index in [1.165, 1.54) is 0 Å². The predicted octanol–water partition coefficient (Wildman–Crippen LogP) is 5.52. The average Bonchev–Trinajstić information content (AvgIpc) is 2.73. The summed E-state index contributed by atoms with van der Waals surface area (Å²) in [5, 5.41) is 2.37. The van der Waals surface area contributed by atoms with Gasteiger partial charge in [0.1, 0.15) is 0 Å². The highest BCUT2D eigenvalue weighted by Gasteiger charge is 2.37. The van der Waals surface area contributed by atoms with Gasteiger partial charge in [0.15, 0.2) is 0 Å². The molecule has 0 radical (unpaired) electrons. The van der Waals surface area contributed by atoms with E-state index in [1.807, 2.05) is 38.1 Å². The van der Waals surface area contributed by atoms with E-state index in [9.17, 15) is 26.4 Å². The first kappa shape index (κ1) is 24.5. The normalized spacial score (nSPS) is 16.3. The van der Waals surface area contributed by atoms with Gasteiger partial charge >= 0.3 is 6.18 Å². The number of nitrogens with zero attached hydrogens (tertiary/aromatic N) is 1. The molecule has 0 aliphatic carbocycles. The number of nitrogens with one attached hydrogen (secondary N) is 1. The molecule has 1 heterocycles. The number of halogens is 4. The van der Waals surface area contributed by atoms with Crippen LogP contribution in [0.15, 0.2) is 47.4 Å². The van der Waals surface area contributed by atoms with Crippen molar-refractivity contribution < 1.29 is 26.4 Å². The highest BCUT2D eigenvalue weighted by atomic mass is 35.5. The summed E-state index contributed by atoms with van der Waals surface area (Å²) in [6.45, 7) is 4.12. The molecule has 174 valence electrons. The summed E-state index contributed by atoms with van der Waals surface area (Å²) in [4.78, 5) is 12.3. The monoisotopic (exact) mass is 488 g/mol. The van der Waals surface area contributed by atoms with E-state index in [1.54, 1.807) is 0 Å². The molecule has 2 aromatic rings. The second kappa shape index (κ2) is 9.41. The molecular weight excluding hydrogens is 465 g/mol. The maximum atomic E-state index is 13.1. The largest absolute Gasteiger partial charge is 0.417 e. The highest BCUT2D eigenvalue weighted by molar-refractivity contribution is 7.89. The molecule has 1 fully saturated rings. The molecule has 10 heteroatoms. The van der Waals surface area contributed by atoms with Crippen LogP contribution in [0.2, 0.25) is 5.02 Å². The fourth-order valence-electron chi connectivity index (χ4n) is 3.74. The third kappa shape index (κ3) is 5.27. The number of hydrogen-bond acceptors (Lipinski definition) is 3. The Hall–Kier alpha value is -2.10. The quantitative estimate of drug-likeness (QED) is 0.602. The lowest BCUT2D eigenvalue weighted by atomic mass is 9.96. The van der Waals surface area contributed by atoms with Crippen molar-refractivity contribution >= 4 is 33.2 Å². The molecule has 0 spiro atoms. The number of sulfonamides is 1. The van der Waals surface area contributed by atoms with Crippen LogP contribution in [0.25, 0.3) is 0 Å². The second-order valence-electron chi connectivity index (χ2n) is 8.05. The molecule has 1 aliphatic rings. The molecule has 1 N–H and O–H groups in total. The Morgan fingerprint density at radius 1 is 1.12 bits per heavy atom. The summed E-state index contributed by atoms with van der Waals surface area (Å²) < 4.78 is 66.2. The molecule has 3 rings (SSSR count). The summed E-state index contributed by atoms with van der Waals surface area (Å²) in [6, 6.07) is 10.0. The first-order valence-electron chi connectivity index (χ1n) is 10.2. The third-order valence-corrected chi connectivity index (χ3v) is 7.77. The van der Waals surface area contributed by atoms with Gasteiger partial charge in [-0.15, -0.1) is 0 Å². The molecule has 0 unspecified atom stereocenters. The zero-order valence-electron chi connectivity index (χ0n) is 17.6. The minimum Gasteiger partial charge on any atom is -0.326 e. The molecular formula is C22H24ClF3N2O3S. The van der Waals surface area contributed by atoms with Gasteiger partial charge in [-0.25, -0.2) is 8.42 Å². The van der Waals surface area contributed by atoms with Gasteiger partial charge < -0.3 is 5.32 Å². The van der Waals surface area contributed by atoms with Gasteiger partial charge in [-0.05, 0) is 48.6 Å². The number of benzene rings is 2. The van der Waals surface area contributed by atoms with Crippen molar-refractivity contribution in [1.29, 1.82) is 0 Å². The number of anilines is 1. The number of carbonyl (C=O) groups is 1. The number of hydrogen-bond donors (Lipinski definition) is 1. The van der Waals surface area contributed by atoms with Crippen LogP contribution in [0.5, 0.6) is 0 Å². The van der Waals surface area contributed by atoms with Crippen LogP contribution < -0.4 is 5.32 Å². The van der Waals surface area contributed by atoms with E-state index >= 15 is 0 Å². The third-order valence-electron chi connectivity index (χ3n) is 5.55. The van der Waals surface area contributed by atoms with Crippen LogP contribution in [0.3, 0.4) is 0 Å². The first-order valence-corrected chi connectivity index (χ1v) is 12.0. The van der Waals surface area contributed by atoms with E-state index < -0.39 is 37.6 Å². The number of alkyl halides is 3.